The predicted molar refractivity (Wildman–Crippen MR) is 97.0 cm³/mol. The number of carbonyl (C=O) groups excluding carboxylic acids is 2. The molecule has 25 heavy (non-hydrogen) atoms. The van der Waals surface area contributed by atoms with Crippen LogP contribution in [0.4, 0.5) is 0 Å². The summed E-state index contributed by atoms with van der Waals surface area (Å²) in [6.07, 6.45) is 5.27. The van der Waals surface area contributed by atoms with Crippen molar-refractivity contribution in [1.82, 2.24) is 0 Å². The first-order valence-electron chi connectivity index (χ1n) is 9.74. The molecule has 0 amide bonds. The van der Waals surface area contributed by atoms with E-state index in [1.54, 1.807) is 0 Å². The van der Waals surface area contributed by atoms with Gasteiger partial charge in [-0.3, -0.25) is 9.59 Å². The Bertz CT molecular complexity index is 439. The molecule has 1 aliphatic carbocycles. The molecule has 1 saturated carbocycles. The number of carbonyl (C=O) groups is 2. The third-order valence-electron chi connectivity index (χ3n) is 5.52. The minimum atomic E-state index is -0.671. The fraction of sp³-hybridized carbons (Fsp3) is 0.900. The molecule has 0 aromatic rings. The molecule has 0 bridgehead atoms. The molecule has 1 rings (SSSR count). The van der Waals surface area contributed by atoms with Gasteiger partial charge in [0.1, 0.15) is 5.60 Å². The van der Waals surface area contributed by atoms with Crippen LogP contribution >= 0.6 is 0 Å². The Morgan fingerprint density at radius 3 is 2.40 bits per heavy atom. The molecule has 0 saturated heterocycles. The predicted octanol–water partition coefficient (Wildman–Crippen LogP) is 4.01. The molecule has 0 aliphatic heterocycles. The average molecular weight is 357 g/mol. The van der Waals surface area contributed by atoms with Crippen LogP contribution in [0.1, 0.15) is 86.0 Å². The van der Waals surface area contributed by atoms with Gasteiger partial charge in [-0.2, -0.15) is 0 Å². The number of rotatable bonds is 9. The molecule has 1 N–H and O–H groups in total. The number of unbranched alkanes of at least 4 members (excludes halogenated alkanes) is 1. The molecule has 0 aromatic carbocycles. The summed E-state index contributed by atoms with van der Waals surface area (Å²) in [6.45, 7) is 10.0. The number of hydrogen-bond acceptors (Lipinski definition) is 5. The maximum atomic E-state index is 12.5. The Morgan fingerprint density at radius 2 is 1.88 bits per heavy atom. The third-order valence-corrected chi connectivity index (χ3v) is 5.52. The van der Waals surface area contributed by atoms with Crippen LogP contribution in [0.15, 0.2) is 0 Å². The average Bonchev–Trinajstić information content (AvgIpc) is 2.57. The van der Waals surface area contributed by atoms with Crippen molar-refractivity contribution < 1.29 is 24.2 Å². The molecular formula is C20H36O5. The summed E-state index contributed by atoms with van der Waals surface area (Å²) < 4.78 is 11.1. The summed E-state index contributed by atoms with van der Waals surface area (Å²) >= 11 is 0. The topological polar surface area (TPSA) is 72.8 Å². The van der Waals surface area contributed by atoms with E-state index < -0.39 is 11.0 Å². The van der Waals surface area contributed by atoms with E-state index in [2.05, 4.69) is 6.92 Å². The van der Waals surface area contributed by atoms with Crippen LogP contribution in [0.2, 0.25) is 0 Å². The molecular weight excluding hydrogens is 320 g/mol. The fourth-order valence-corrected chi connectivity index (χ4v) is 3.27. The summed E-state index contributed by atoms with van der Waals surface area (Å²) in [5, 5.41) is 9.63. The van der Waals surface area contributed by atoms with Crippen molar-refractivity contribution in [2.45, 2.75) is 97.7 Å². The van der Waals surface area contributed by atoms with Crippen molar-refractivity contribution in [3.05, 3.63) is 0 Å². The van der Waals surface area contributed by atoms with Crippen LogP contribution in [-0.4, -0.2) is 35.4 Å². The van der Waals surface area contributed by atoms with Gasteiger partial charge in [0.2, 0.25) is 0 Å². The summed E-state index contributed by atoms with van der Waals surface area (Å²) in [4.78, 5) is 25.0. The monoisotopic (exact) mass is 356 g/mol. The van der Waals surface area contributed by atoms with Crippen LogP contribution in [0, 0.1) is 11.3 Å². The zero-order valence-electron chi connectivity index (χ0n) is 16.6. The minimum Gasteiger partial charge on any atom is -0.465 e. The van der Waals surface area contributed by atoms with Gasteiger partial charge in [-0.05, 0) is 58.8 Å². The zero-order valence-corrected chi connectivity index (χ0v) is 16.6. The zero-order chi connectivity index (χ0) is 19.1. The smallest absolute Gasteiger partial charge is 0.311 e. The molecule has 0 spiro atoms. The van der Waals surface area contributed by atoms with E-state index in [-0.39, 0.29) is 24.0 Å². The van der Waals surface area contributed by atoms with Gasteiger partial charge in [0, 0.05) is 0 Å². The van der Waals surface area contributed by atoms with Crippen molar-refractivity contribution in [3.8, 4) is 0 Å². The summed E-state index contributed by atoms with van der Waals surface area (Å²) in [6, 6.07) is 0. The van der Waals surface area contributed by atoms with Crippen molar-refractivity contribution >= 4 is 11.9 Å². The number of aliphatic hydroxyl groups is 1. The van der Waals surface area contributed by atoms with Gasteiger partial charge < -0.3 is 14.6 Å². The van der Waals surface area contributed by atoms with E-state index in [0.717, 1.165) is 12.8 Å². The van der Waals surface area contributed by atoms with Crippen molar-refractivity contribution in [2.75, 3.05) is 6.61 Å². The minimum absolute atomic E-state index is 0.227. The van der Waals surface area contributed by atoms with Crippen molar-refractivity contribution in [1.29, 1.82) is 0 Å². The molecule has 0 heterocycles. The molecule has 146 valence electrons. The van der Waals surface area contributed by atoms with Gasteiger partial charge >= 0.3 is 11.9 Å². The maximum Gasteiger partial charge on any atom is 0.311 e. The lowest BCUT2D eigenvalue weighted by atomic mass is 9.79. The lowest BCUT2D eigenvalue weighted by molar-refractivity contribution is -0.170. The Hall–Kier alpha value is -1.10. The first-order valence-corrected chi connectivity index (χ1v) is 9.74. The fourth-order valence-electron chi connectivity index (χ4n) is 3.27. The van der Waals surface area contributed by atoms with Gasteiger partial charge in [0.25, 0.3) is 0 Å². The maximum absolute atomic E-state index is 12.5. The van der Waals surface area contributed by atoms with Crippen LogP contribution in [0.25, 0.3) is 0 Å². The van der Waals surface area contributed by atoms with Crippen LogP contribution in [0.3, 0.4) is 0 Å². The van der Waals surface area contributed by atoms with Gasteiger partial charge in [0.05, 0.1) is 24.0 Å². The highest BCUT2D eigenvalue weighted by atomic mass is 16.6. The first kappa shape index (κ1) is 21.9. The number of hydrogen-bond donors (Lipinski definition) is 1. The molecule has 2 atom stereocenters. The highest BCUT2D eigenvalue weighted by Crippen LogP contribution is 2.35. The second-order valence-corrected chi connectivity index (χ2v) is 8.11. The second-order valence-electron chi connectivity index (χ2n) is 8.11. The Balaban J connectivity index is 2.60. The Kier molecular flexibility index (Phi) is 8.39. The Labute approximate surface area is 152 Å². The van der Waals surface area contributed by atoms with Gasteiger partial charge in [-0.25, -0.2) is 0 Å². The molecule has 5 heteroatoms. The molecule has 1 fully saturated rings. The number of aliphatic hydroxyl groups excluding tert-OH is 1. The molecule has 0 radical (unpaired) electrons. The van der Waals surface area contributed by atoms with Crippen LogP contribution < -0.4 is 0 Å². The molecule has 0 aromatic heterocycles. The van der Waals surface area contributed by atoms with Gasteiger partial charge in [0.15, 0.2) is 0 Å². The number of esters is 2. The van der Waals surface area contributed by atoms with E-state index in [4.69, 9.17) is 9.47 Å². The van der Waals surface area contributed by atoms with Gasteiger partial charge in [-0.1, -0.05) is 27.2 Å². The third kappa shape index (κ3) is 6.61. The molecule has 2 unspecified atom stereocenters. The highest BCUT2D eigenvalue weighted by molar-refractivity contribution is 5.78. The quantitative estimate of drug-likeness (QED) is 0.499. The summed E-state index contributed by atoms with van der Waals surface area (Å²) in [7, 11) is 0. The SMILES string of the molecule is CCCCOC(=O)C(C)(CC)CC(C)C(=O)OC1(C)CCC(O)CC1. The van der Waals surface area contributed by atoms with E-state index >= 15 is 0 Å². The van der Waals surface area contributed by atoms with Crippen molar-refractivity contribution in [3.63, 3.8) is 0 Å². The van der Waals surface area contributed by atoms with E-state index in [1.165, 1.54) is 0 Å². The van der Waals surface area contributed by atoms with E-state index in [9.17, 15) is 14.7 Å². The summed E-state index contributed by atoms with van der Waals surface area (Å²) in [5.74, 6) is -0.859. The first-order chi connectivity index (χ1) is 11.7. The number of ether oxygens (including phenoxy) is 2. The lowest BCUT2D eigenvalue weighted by Crippen LogP contribution is -2.40. The highest BCUT2D eigenvalue weighted by Gasteiger charge is 2.39. The van der Waals surface area contributed by atoms with Gasteiger partial charge in [-0.15, -0.1) is 0 Å². The van der Waals surface area contributed by atoms with E-state index in [0.29, 0.717) is 45.1 Å². The molecule has 5 nitrogen and oxygen atoms in total. The second kappa shape index (κ2) is 9.56. The standard InChI is InChI=1S/C20H36O5/c1-6-8-13-24-18(23)19(4,7-2)14-15(3)17(22)25-20(5)11-9-16(21)10-12-20/h15-16,21H,6-14H2,1-5H3. The van der Waals surface area contributed by atoms with Crippen molar-refractivity contribution in [2.24, 2.45) is 11.3 Å². The molecule has 1 aliphatic rings. The van der Waals surface area contributed by atoms with Crippen LogP contribution in [0.5, 0.6) is 0 Å². The lowest BCUT2D eigenvalue weighted by Gasteiger charge is -2.36. The largest absolute Gasteiger partial charge is 0.465 e. The normalized spacial score (nSPS) is 27.2. The summed E-state index contributed by atoms with van der Waals surface area (Å²) in [5.41, 5.74) is -1.18. The van der Waals surface area contributed by atoms with Crippen LogP contribution in [-0.2, 0) is 19.1 Å². The van der Waals surface area contributed by atoms with E-state index in [1.807, 2.05) is 27.7 Å². The Morgan fingerprint density at radius 1 is 1.28 bits per heavy atom.